The first kappa shape index (κ1) is 24.5. The molecule has 3 aromatic carbocycles. The van der Waals surface area contributed by atoms with E-state index in [9.17, 15) is 9.18 Å². The van der Waals surface area contributed by atoms with Crippen molar-refractivity contribution in [2.24, 2.45) is 0 Å². The molecule has 1 fully saturated rings. The average molecular weight is 513 g/mol. The van der Waals surface area contributed by atoms with Crippen LogP contribution in [-0.4, -0.2) is 54.7 Å². The Hall–Kier alpha value is -3.84. The van der Waals surface area contributed by atoms with Gasteiger partial charge in [-0.2, -0.15) is 0 Å². The van der Waals surface area contributed by atoms with Crippen LogP contribution < -0.4 is 15.0 Å². The fraction of sp³-hybridized carbons (Fsp3) is 0.323. The van der Waals surface area contributed by atoms with Crippen LogP contribution in [0.4, 0.5) is 15.8 Å². The molecule has 6 rings (SSSR count). The third-order valence-electron chi connectivity index (χ3n) is 7.61. The van der Waals surface area contributed by atoms with Crippen LogP contribution in [0, 0.1) is 5.82 Å². The van der Waals surface area contributed by atoms with Gasteiger partial charge in [0.1, 0.15) is 11.6 Å². The van der Waals surface area contributed by atoms with Gasteiger partial charge < -0.3 is 19.5 Å². The summed E-state index contributed by atoms with van der Waals surface area (Å²) in [6.45, 7) is 6.32. The van der Waals surface area contributed by atoms with E-state index in [4.69, 9.17) is 4.74 Å². The summed E-state index contributed by atoms with van der Waals surface area (Å²) in [5, 5.41) is 4.18. The molecule has 2 aliphatic heterocycles. The number of carbonyl (C=O) groups is 1. The van der Waals surface area contributed by atoms with E-state index in [1.807, 2.05) is 18.2 Å². The Morgan fingerprint density at radius 3 is 2.66 bits per heavy atom. The molecule has 4 aromatic rings. The van der Waals surface area contributed by atoms with Crippen LogP contribution in [0.1, 0.15) is 24.0 Å². The minimum atomic E-state index is -0.197. The normalized spacial score (nSPS) is 15.9. The minimum Gasteiger partial charge on any atom is -0.493 e. The van der Waals surface area contributed by atoms with Gasteiger partial charge in [0.05, 0.1) is 12.1 Å². The summed E-state index contributed by atoms with van der Waals surface area (Å²) >= 11 is 0. The second-order valence-corrected chi connectivity index (χ2v) is 10.2. The SMILES string of the molecule is O=C1CCc2ccc(OCCCN3CCN(c4cccc5c4ccn5Cc4cccc(F)c4)CC3)cc2N1. The molecule has 7 heteroatoms. The summed E-state index contributed by atoms with van der Waals surface area (Å²) in [5.74, 6) is 0.692. The van der Waals surface area contributed by atoms with Crippen LogP contribution in [-0.2, 0) is 17.8 Å². The number of aromatic nitrogens is 1. The van der Waals surface area contributed by atoms with Gasteiger partial charge in [-0.25, -0.2) is 4.39 Å². The Bertz CT molecular complexity index is 1440. The van der Waals surface area contributed by atoms with E-state index >= 15 is 0 Å². The highest BCUT2D eigenvalue weighted by molar-refractivity contribution is 5.94. The van der Waals surface area contributed by atoms with E-state index in [1.54, 1.807) is 12.1 Å². The molecule has 6 nitrogen and oxygen atoms in total. The maximum atomic E-state index is 13.7. The number of nitrogens with zero attached hydrogens (tertiary/aromatic N) is 3. The third-order valence-corrected chi connectivity index (χ3v) is 7.61. The van der Waals surface area contributed by atoms with E-state index < -0.39 is 0 Å². The fourth-order valence-electron chi connectivity index (χ4n) is 5.58. The van der Waals surface area contributed by atoms with Crippen LogP contribution in [0.5, 0.6) is 5.75 Å². The summed E-state index contributed by atoms with van der Waals surface area (Å²) in [6, 6.07) is 21.5. The van der Waals surface area contributed by atoms with E-state index in [2.05, 4.69) is 56.2 Å². The monoisotopic (exact) mass is 512 g/mol. The van der Waals surface area contributed by atoms with E-state index in [0.29, 0.717) is 19.6 Å². The number of ether oxygens (including phenoxy) is 1. The minimum absolute atomic E-state index is 0.0754. The molecular weight excluding hydrogens is 479 g/mol. The summed E-state index contributed by atoms with van der Waals surface area (Å²) in [4.78, 5) is 16.6. The zero-order valence-corrected chi connectivity index (χ0v) is 21.5. The van der Waals surface area contributed by atoms with Gasteiger partial charge in [-0.15, -0.1) is 0 Å². The molecule has 196 valence electrons. The van der Waals surface area contributed by atoms with Crippen molar-refractivity contribution in [1.29, 1.82) is 0 Å². The number of hydrogen-bond acceptors (Lipinski definition) is 4. The van der Waals surface area contributed by atoms with Gasteiger partial charge in [0.25, 0.3) is 0 Å². The lowest BCUT2D eigenvalue weighted by Gasteiger charge is -2.36. The summed E-state index contributed by atoms with van der Waals surface area (Å²) < 4.78 is 21.8. The Kier molecular flexibility index (Phi) is 7.01. The topological polar surface area (TPSA) is 49.7 Å². The van der Waals surface area contributed by atoms with Crippen molar-refractivity contribution < 1.29 is 13.9 Å². The highest BCUT2D eigenvalue weighted by atomic mass is 19.1. The van der Waals surface area contributed by atoms with Crippen LogP contribution in [0.2, 0.25) is 0 Å². The predicted molar refractivity (Wildman–Crippen MR) is 150 cm³/mol. The second-order valence-electron chi connectivity index (χ2n) is 10.2. The number of fused-ring (bicyclic) bond motifs is 2. The molecule has 0 atom stereocenters. The molecule has 0 saturated carbocycles. The number of hydrogen-bond donors (Lipinski definition) is 1. The molecule has 3 heterocycles. The highest BCUT2D eigenvalue weighted by Crippen LogP contribution is 2.30. The van der Waals surface area contributed by atoms with E-state index in [-0.39, 0.29) is 11.7 Å². The molecule has 1 saturated heterocycles. The van der Waals surface area contributed by atoms with Crippen LogP contribution in [0.25, 0.3) is 10.9 Å². The lowest BCUT2D eigenvalue weighted by atomic mass is 10.0. The van der Waals surface area contributed by atoms with E-state index in [1.165, 1.54) is 28.2 Å². The molecule has 0 aliphatic carbocycles. The number of amides is 1. The number of anilines is 2. The largest absolute Gasteiger partial charge is 0.493 e. The molecule has 1 N–H and O–H groups in total. The number of rotatable bonds is 8. The number of halogens is 1. The molecule has 0 unspecified atom stereocenters. The molecule has 1 amide bonds. The zero-order valence-electron chi connectivity index (χ0n) is 21.5. The molecule has 0 radical (unpaired) electrons. The van der Waals surface area contributed by atoms with Gasteiger partial charge in [-0.1, -0.05) is 24.3 Å². The number of piperazine rings is 1. The first-order valence-corrected chi connectivity index (χ1v) is 13.5. The van der Waals surface area contributed by atoms with Crippen molar-refractivity contribution in [2.45, 2.75) is 25.8 Å². The molecule has 1 aromatic heterocycles. The second kappa shape index (κ2) is 10.9. The molecule has 38 heavy (non-hydrogen) atoms. The number of aryl methyl sites for hydroxylation is 1. The van der Waals surface area contributed by atoms with Crippen molar-refractivity contribution in [3.63, 3.8) is 0 Å². The lowest BCUT2D eigenvalue weighted by molar-refractivity contribution is -0.116. The van der Waals surface area contributed by atoms with Gasteiger partial charge >= 0.3 is 0 Å². The highest BCUT2D eigenvalue weighted by Gasteiger charge is 2.20. The molecule has 0 bridgehead atoms. The Morgan fingerprint density at radius 2 is 1.79 bits per heavy atom. The Labute approximate surface area is 222 Å². The number of benzene rings is 3. The van der Waals surface area contributed by atoms with Crippen LogP contribution in [0.3, 0.4) is 0 Å². The van der Waals surface area contributed by atoms with Crippen molar-refractivity contribution in [2.75, 3.05) is 49.5 Å². The van der Waals surface area contributed by atoms with Gasteiger partial charge in [0.2, 0.25) is 5.91 Å². The Balaban J connectivity index is 1.00. The summed E-state index contributed by atoms with van der Waals surface area (Å²) in [5.41, 5.74) is 5.46. The van der Waals surface area contributed by atoms with Crippen molar-refractivity contribution in [3.8, 4) is 5.75 Å². The first-order valence-electron chi connectivity index (χ1n) is 13.5. The maximum Gasteiger partial charge on any atom is 0.224 e. The average Bonchev–Trinajstić information content (AvgIpc) is 3.34. The van der Waals surface area contributed by atoms with Crippen molar-refractivity contribution >= 4 is 28.2 Å². The summed E-state index contributed by atoms with van der Waals surface area (Å²) in [6.07, 6.45) is 4.41. The standard InChI is InChI=1S/C31H33FN4O2/c32-25-5-1-4-23(20-25)22-36-14-12-27-29(6-2-7-30(27)36)35-17-15-34(16-18-35)13-3-19-38-26-10-8-24-9-11-31(37)33-28(24)21-26/h1-2,4-8,10,12,14,20-21H,3,9,11,13,15-19,22H2,(H,33,37). The third kappa shape index (κ3) is 5.38. The fourth-order valence-corrected chi connectivity index (χ4v) is 5.58. The molecule has 0 spiro atoms. The number of nitrogens with one attached hydrogen (secondary N) is 1. The van der Waals surface area contributed by atoms with Gasteiger partial charge in [-0.3, -0.25) is 9.69 Å². The lowest BCUT2D eigenvalue weighted by Crippen LogP contribution is -2.46. The van der Waals surface area contributed by atoms with E-state index in [0.717, 1.165) is 62.6 Å². The maximum absolute atomic E-state index is 13.7. The molecule has 2 aliphatic rings. The predicted octanol–water partition coefficient (Wildman–Crippen LogP) is 5.30. The van der Waals surface area contributed by atoms with Crippen LogP contribution >= 0.6 is 0 Å². The van der Waals surface area contributed by atoms with Crippen LogP contribution in [0.15, 0.2) is 72.9 Å². The quantitative estimate of drug-likeness (QED) is 0.326. The van der Waals surface area contributed by atoms with Gasteiger partial charge in [0, 0.05) is 74.7 Å². The summed E-state index contributed by atoms with van der Waals surface area (Å²) in [7, 11) is 0. The van der Waals surface area contributed by atoms with Gasteiger partial charge in [-0.05, 0) is 60.4 Å². The van der Waals surface area contributed by atoms with Gasteiger partial charge in [0.15, 0.2) is 0 Å². The van der Waals surface area contributed by atoms with Crippen molar-refractivity contribution in [3.05, 3.63) is 89.9 Å². The zero-order chi connectivity index (χ0) is 25.9. The first-order chi connectivity index (χ1) is 18.6. The Morgan fingerprint density at radius 1 is 0.921 bits per heavy atom. The number of carbonyl (C=O) groups excluding carboxylic acids is 1. The smallest absolute Gasteiger partial charge is 0.224 e. The van der Waals surface area contributed by atoms with Crippen molar-refractivity contribution in [1.82, 2.24) is 9.47 Å². The molecular formula is C31H33FN4O2.